The molecule has 2 unspecified atom stereocenters. The van der Waals surface area contributed by atoms with Crippen LogP contribution in [0.5, 0.6) is 0 Å². The van der Waals surface area contributed by atoms with Crippen LogP contribution in [0.3, 0.4) is 0 Å². The largest absolute Gasteiger partial charge is 0.356 e. The van der Waals surface area contributed by atoms with Crippen molar-refractivity contribution in [1.29, 1.82) is 0 Å². The highest BCUT2D eigenvalue weighted by atomic mass is 32.1. The zero-order valence-electron chi connectivity index (χ0n) is 11.7. The number of fused-ring (bicyclic) bond motifs is 1. The van der Waals surface area contributed by atoms with E-state index in [1.807, 2.05) is 18.3 Å². The van der Waals surface area contributed by atoms with Crippen LogP contribution < -0.4 is 11.1 Å². The van der Waals surface area contributed by atoms with Crippen LogP contribution in [0, 0.1) is 0 Å². The summed E-state index contributed by atoms with van der Waals surface area (Å²) in [6, 6.07) is 2.70. The van der Waals surface area contributed by atoms with E-state index in [0.29, 0.717) is 25.6 Å². The maximum Gasteiger partial charge on any atom is 0.221 e. The van der Waals surface area contributed by atoms with E-state index in [-0.39, 0.29) is 11.9 Å². The minimum Gasteiger partial charge on any atom is -0.356 e. The molecule has 0 aliphatic carbocycles. The molecule has 0 fully saturated rings. The number of hydrogen-bond donors (Lipinski definition) is 2. The normalized spacial score (nSPS) is 20.9. The smallest absolute Gasteiger partial charge is 0.221 e. The number of thiophene rings is 1. The predicted molar refractivity (Wildman–Crippen MR) is 79.3 cm³/mol. The summed E-state index contributed by atoms with van der Waals surface area (Å²) >= 11 is 1.84. The van der Waals surface area contributed by atoms with E-state index in [2.05, 4.69) is 28.6 Å². The number of carbonyl (C=O) groups excluding carboxylic acids is 1. The number of amides is 1. The van der Waals surface area contributed by atoms with Crippen LogP contribution in [-0.2, 0) is 11.2 Å². The molecule has 0 saturated carbocycles. The van der Waals surface area contributed by atoms with Crippen molar-refractivity contribution >= 4 is 17.2 Å². The fourth-order valence-corrected chi connectivity index (χ4v) is 3.81. The Morgan fingerprint density at radius 2 is 2.47 bits per heavy atom. The molecule has 1 amide bonds. The standard InChI is InChI=1S/C14H23N3OS/c1-3-16-14(18)8-11(9-15)17-6-4-13-12(10(17)2)5-7-19-13/h5,7,10-11H,3-4,6,8-9,15H2,1-2H3,(H,16,18). The van der Waals surface area contributed by atoms with Gasteiger partial charge in [0.25, 0.3) is 0 Å². The van der Waals surface area contributed by atoms with Gasteiger partial charge in [-0.3, -0.25) is 9.69 Å². The molecule has 0 radical (unpaired) electrons. The zero-order valence-corrected chi connectivity index (χ0v) is 12.5. The molecule has 1 aliphatic rings. The van der Waals surface area contributed by atoms with Gasteiger partial charge in [0.05, 0.1) is 0 Å². The Bertz CT molecular complexity index is 432. The first kappa shape index (κ1) is 14.5. The third-order valence-corrected chi connectivity index (χ3v) is 4.86. The molecule has 1 aliphatic heterocycles. The minimum atomic E-state index is 0.0984. The summed E-state index contributed by atoms with van der Waals surface area (Å²) in [5.74, 6) is 0.0984. The Balaban J connectivity index is 2.06. The number of nitrogens with two attached hydrogens (primary N) is 1. The fourth-order valence-electron chi connectivity index (χ4n) is 2.85. The molecule has 0 bridgehead atoms. The maximum atomic E-state index is 11.8. The zero-order chi connectivity index (χ0) is 13.8. The van der Waals surface area contributed by atoms with Gasteiger partial charge < -0.3 is 11.1 Å². The number of nitrogens with one attached hydrogen (secondary N) is 1. The Morgan fingerprint density at radius 1 is 1.68 bits per heavy atom. The molecule has 5 heteroatoms. The number of nitrogens with zero attached hydrogens (tertiary/aromatic N) is 1. The topological polar surface area (TPSA) is 58.4 Å². The lowest BCUT2D eigenvalue weighted by atomic mass is 9.98. The number of rotatable bonds is 5. The van der Waals surface area contributed by atoms with Gasteiger partial charge in [-0.2, -0.15) is 0 Å². The molecular formula is C14H23N3OS. The van der Waals surface area contributed by atoms with Gasteiger partial charge in [0, 0.05) is 43.0 Å². The van der Waals surface area contributed by atoms with Gasteiger partial charge in [0.2, 0.25) is 5.91 Å². The Kier molecular flexibility index (Phi) is 4.96. The van der Waals surface area contributed by atoms with E-state index in [4.69, 9.17) is 5.73 Å². The van der Waals surface area contributed by atoms with Crippen LogP contribution in [0.2, 0.25) is 0 Å². The highest BCUT2D eigenvalue weighted by molar-refractivity contribution is 7.10. The first-order chi connectivity index (χ1) is 9.17. The van der Waals surface area contributed by atoms with Gasteiger partial charge >= 0.3 is 0 Å². The summed E-state index contributed by atoms with van der Waals surface area (Å²) in [5.41, 5.74) is 7.29. The first-order valence-corrected chi connectivity index (χ1v) is 7.84. The lowest BCUT2D eigenvalue weighted by Gasteiger charge is -2.39. The molecule has 3 N–H and O–H groups in total. The third kappa shape index (κ3) is 3.16. The average molecular weight is 281 g/mol. The second kappa shape index (κ2) is 6.50. The molecule has 0 spiro atoms. The van der Waals surface area contributed by atoms with Crippen LogP contribution in [-0.4, -0.2) is 36.5 Å². The van der Waals surface area contributed by atoms with Gasteiger partial charge in [-0.1, -0.05) is 0 Å². The molecule has 106 valence electrons. The highest BCUT2D eigenvalue weighted by Crippen LogP contribution is 2.34. The van der Waals surface area contributed by atoms with Gasteiger partial charge in [-0.05, 0) is 37.3 Å². The van der Waals surface area contributed by atoms with Crippen molar-refractivity contribution in [3.63, 3.8) is 0 Å². The van der Waals surface area contributed by atoms with Crippen LogP contribution in [0.4, 0.5) is 0 Å². The SMILES string of the molecule is CCNC(=O)CC(CN)N1CCc2sccc2C1C. The summed E-state index contributed by atoms with van der Waals surface area (Å²) in [6.45, 7) is 6.36. The van der Waals surface area contributed by atoms with Gasteiger partial charge in [-0.15, -0.1) is 11.3 Å². The van der Waals surface area contributed by atoms with E-state index in [1.54, 1.807) is 0 Å². The van der Waals surface area contributed by atoms with Crippen molar-refractivity contribution in [2.45, 2.75) is 38.8 Å². The van der Waals surface area contributed by atoms with E-state index >= 15 is 0 Å². The molecule has 0 aromatic carbocycles. The summed E-state index contributed by atoms with van der Waals surface area (Å²) in [7, 11) is 0. The van der Waals surface area contributed by atoms with Crippen LogP contribution in [0.25, 0.3) is 0 Å². The summed E-state index contributed by atoms with van der Waals surface area (Å²) in [4.78, 5) is 15.6. The molecule has 19 heavy (non-hydrogen) atoms. The monoisotopic (exact) mass is 281 g/mol. The Hall–Kier alpha value is -0.910. The quantitative estimate of drug-likeness (QED) is 0.860. The second-order valence-corrected chi connectivity index (χ2v) is 6.01. The first-order valence-electron chi connectivity index (χ1n) is 6.96. The summed E-state index contributed by atoms with van der Waals surface area (Å²) in [6.07, 6.45) is 1.57. The molecule has 0 saturated heterocycles. The van der Waals surface area contributed by atoms with Crippen molar-refractivity contribution in [3.05, 3.63) is 21.9 Å². The van der Waals surface area contributed by atoms with E-state index < -0.39 is 0 Å². The maximum absolute atomic E-state index is 11.8. The van der Waals surface area contributed by atoms with Crippen molar-refractivity contribution in [3.8, 4) is 0 Å². The van der Waals surface area contributed by atoms with Crippen molar-refractivity contribution in [2.24, 2.45) is 5.73 Å². The van der Waals surface area contributed by atoms with Crippen molar-refractivity contribution in [1.82, 2.24) is 10.2 Å². The summed E-state index contributed by atoms with van der Waals surface area (Å²) in [5, 5.41) is 5.02. The van der Waals surface area contributed by atoms with Crippen LogP contribution >= 0.6 is 11.3 Å². The molecule has 1 aromatic rings. The summed E-state index contributed by atoms with van der Waals surface area (Å²) < 4.78 is 0. The Labute approximate surface area is 119 Å². The molecule has 4 nitrogen and oxygen atoms in total. The average Bonchev–Trinajstić information content (AvgIpc) is 2.86. The van der Waals surface area contributed by atoms with Crippen LogP contribution in [0.1, 0.15) is 36.8 Å². The molecule has 2 heterocycles. The van der Waals surface area contributed by atoms with Gasteiger partial charge in [-0.25, -0.2) is 0 Å². The van der Waals surface area contributed by atoms with Crippen LogP contribution in [0.15, 0.2) is 11.4 Å². The third-order valence-electron chi connectivity index (χ3n) is 3.86. The predicted octanol–water partition coefficient (Wildman–Crippen LogP) is 1.52. The second-order valence-electron chi connectivity index (χ2n) is 5.01. The lowest BCUT2D eigenvalue weighted by molar-refractivity contribution is -0.122. The Morgan fingerprint density at radius 3 is 3.16 bits per heavy atom. The molecular weight excluding hydrogens is 258 g/mol. The number of hydrogen-bond acceptors (Lipinski definition) is 4. The van der Waals surface area contributed by atoms with E-state index in [1.165, 1.54) is 10.4 Å². The van der Waals surface area contributed by atoms with Gasteiger partial charge in [0.1, 0.15) is 0 Å². The van der Waals surface area contributed by atoms with Gasteiger partial charge in [0.15, 0.2) is 0 Å². The highest BCUT2D eigenvalue weighted by Gasteiger charge is 2.30. The minimum absolute atomic E-state index is 0.0984. The molecule has 2 atom stereocenters. The van der Waals surface area contributed by atoms with E-state index in [0.717, 1.165) is 13.0 Å². The molecule has 2 rings (SSSR count). The molecule has 1 aromatic heterocycles. The number of carbonyl (C=O) groups is 1. The fraction of sp³-hybridized carbons (Fsp3) is 0.643. The lowest BCUT2D eigenvalue weighted by Crippen LogP contribution is -2.47. The van der Waals surface area contributed by atoms with Crippen molar-refractivity contribution < 1.29 is 4.79 Å². The van der Waals surface area contributed by atoms with E-state index in [9.17, 15) is 4.79 Å². The van der Waals surface area contributed by atoms with Crippen molar-refractivity contribution in [2.75, 3.05) is 19.6 Å².